The van der Waals surface area contributed by atoms with Gasteiger partial charge in [0.2, 0.25) is 5.52 Å². The second-order valence-corrected chi connectivity index (χ2v) is 11.6. The molecule has 0 amide bonds. The molecule has 2 heterocycles. The van der Waals surface area contributed by atoms with Crippen molar-refractivity contribution in [1.82, 2.24) is 0 Å². The highest BCUT2D eigenvalue weighted by Crippen LogP contribution is 2.49. The van der Waals surface area contributed by atoms with Crippen molar-refractivity contribution in [3.63, 3.8) is 0 Å². The van der Waals surface area contributed by atoms with Crippen LogP contribution in [0.1, 0.15) is 57.0 Å². The topological polar surface area (TPSA) is 7.12 Å². The maximum Gasteiger partial charge on any atom is 0.263 e. The molecule has 0 atom stereocenters. The summed E-state index contributed by atoms with van der Waals surface area (Å²) in [6, 6.07) is 20.2. The zero-order chi connectivity index (χ0) is 24.4. The Kier molecular flexibility index (Phi) is 7.31. The second-order valence-electron chi connectivity index (χ2n) is 9.53. The van der Waals surface area contributed by atoms with E-state index in [-0.39, 0.29) is 0 Å². The van der Waals surface area contributed by atoms with Crippen molar-refractivity contribution in [2.45, 2.75) is 64.8 Å². The molecule has 0 saturated heterocycles. The average Bonchev–Trinajstić information content (AvgIpc) is 3.37. The summed E-state index contributed by atoms with van der Waals surface area (Å²) < 4.78 is 3.90. The van der Waals surface area contributed by atoms with Gasteiger partial charge in [0, 0.05) is 30.0 Å². The van der Waals surface area contributed by atoms with E-state index in [1.807, 2.05) is 23.1 Å². The number of aromatic nitrogens is 1. The molecule has 0 saturated carbocycles. The van der Waals surface area contributed by atoms with Gasteiger partial charge >= 0.3 is 0 Å². The lowest BCUT2D eigenvalue weighted by molar-refractivity contribution is -0.669. The molecule has 0 unspecified atom stereocenters. The number of hydrogen-bond donors (Lipinski definition) is 0. The van der Waals surface area contributed by atoms with Gasteiger partial charge in [-0.1, -0.05) is 86.2 Å². The van der Waals surface area contributed by atoms with Crippen LogP contribution in [0, 0.1) is 6.92 Å². The molecule has 2 nitrogen and oxygen atoms in total. The Morgan fingerprint density at radius 3 is 2.66 bits per heavy atom. The summed E-state index contributed by atoms with van der Waals surface area (Å²) in [4.78, 5) is 3.93. The lowest BCUT2D eigenvalue weighted by Crippen LogP contribution is -2.35. The van der Waals surface area contributed by atoms with Crippen molar-refractivity contribution in [3.8, 4) is 0 Å². The maximum absolute atomic E-state index is 2.53. The SMILES string of the molecule is CCCCN1C(=CC(C)=Cc2sc3cc(C)ccc3[n+]2CCCC)Sc2c1ccc1ccccc21. The molecule has 1 aliphatic heterocycles. The molecular weight excluding hydrogens is 464 g/mol. The number of unbranched alkanes of at least 4 members (excludes halogenated alkanes) is 2. The van der Waals surface area contributed by atoms with E-state index in [1.165, 1.54) is 78.4 Å². The molecule has 0 N–H and O–H groups in total. The first-order chi connectivity index (χ1) is 17.1. The lowest BCUT2D eigenvalue weighted by Gasteiger charge is -2.20. The third-order valence-electron chi connectivity index (χ3n) is 6.68. The summed E-state index contributed by atoms with van der Waals surface area (Å²) in [7, 11) is 0. The lowest BCUT2D eigenvalue weighted by atomic mass is 10.1. The number of anilines is 1. The van der Waals surface area contributed by atoms with E-state index in [0.717, 1.165) is 13.1 Å². The number of thiazole rings is 1. The maximum atomic E-state index is 2.53. The largest absolute Gasteiger partial charge is 0.335 e. The first-order valence-corrected chi connectivity index (χ1v) is 14.5. The zero-order valence-electron chi connectivity index (χ0n) is 21.3. The molecular formula is C31H35N2S2+. The molecule has 4 aromatic rings. The fourth-order valence-electron chi connectivity index (χ4n) is 4.78. The molecule has 0 bridgehead atoms. The highest BCUT2D eigenvalue weighted by Gasteiger charge is 2.26. The van der Waals surface area contributed by atoms with E-state index in [2.05, 4.69) is 104 Å². The Balaban J connectivity index is 1.54. The third-order valence-corrected chi connectivity index (χ3v) is 8.96. The number of thioether (sulfide) groups is 1. The normalized spacial score (nSPS) is 15.0. The van der Waals surface area contributed by atoms with Crippen molar-refractivity contribution in [1.29, 1.82) is 0 Å². The number of hydrogen-bond acceptors (Lipinski definition) is 3. The second kappa shape index (κ2) is 10.6. The molecule has 180 valence electrons. The molecule has 4 heteroatoms. The highest BCUT2D eigenvalue weighted by atomic mass is 32.2. The standard InChI is InChI=1S/C31H35N2S2/c1-5-7-17-32-26-15-13-22(3)19-28(26)34-29(32)20-23(4)21-30-33(18-8-6-2)27-16-14-24-11-9-10-12-25(24)31(27)35-30/h9-16,19-21H,5-8,17-18H2,1-4H3/q+1. The van der Waals surface area contributed by atoms with E-state index >= 15 is 0 Å². The summed E-state index contributed by atoms with van der Waals surface area (Å²) in [5.41, 5.74) is 5.35. The Hall–Kier alpha value is -2.56. The van der Waals surface area contributed by atoms with Crippen LogP contribution in [-0.4, -0.2) is 6.54 Å². The van der Waals surface area contributed by atoms with E-state index in [9.17, 15) is 0 Å². The van der Waals surface area contributed by atoms with Crippen molar-refractivity contribution in [2.24, 2.45) is 0 Å². The van der Waals surface area contributed by atoms with Gasteiger partial charge in [-0.3, -0.25) is 0 Å². The molecule has 5 rings (SSSR count). The summed E-state index contributed by atoms with van der Waals surface area (Å²) >= 11 is 3.85. The van der Waals surface area contributed by atoms with Crippen molar-refractivity contribution < 1.29 is 4.57 Å². The first kappa shape index (κ1) is 24.1. The Bertz CT molecular complexity index is 1430. The van der Waals surface area contributed by atoms with Crippen LogP contribution in [0.4, 0.5) is 5.69 Å². The van der Waals surface area contributed by atoms with Gasteiger partial charge < -0.3 is 4.90 Å². The van der Waals surface area contributed by atoms with Crippen LogP contribution in [0.5, 0.6) is 0 Å². The van der Waals surface area contributed by atoms with Crippen LogP contribution in [0.25, 0.3) is 27.1 Å². The number of nitrogens with zero attached hydrogens (tertiary/aromatic N) is 2. The summed E-state index contributed by atoms with van der Waals surface area (Å²) in [6.45, 7) is 11.1. The van der Waals surface area contributed by atoms with Gasteiger partial charge in [-0.25, -0.2) is 0 Å². The quantitative estimate of drug-likeness (QED) is 0.223. The average molecular weight is 500 g/mol. The van der Waals surface area contributed by atoms with E-state index in [4.69, 9.17) is 0 Å². The van der Waals surface area contributed by atoms with Gasteiger partial charge in [-0.2, -0.15) is 4.57 Å². The highest BCUT2D eigenvalue weighted by molar-refractivity contribution is 8.04. The van der Waals surface area contributed by atoms with Crippen molar-refractivity contribution in [2.75, 3.05) is 11.4 Å². The van der Waals surface area contributed by atoms with Gasteiger partial charge in [0.15, 0.2) is 6.54 Å². The van der Waals surface area contributed by atoms with Crippen molar-refractivity contribution in [3.05, 3.63) is 81.8 Å². The number of allylic oxidation sites excluding steroid dienone is 2. The smallest absolute Gasteiger partial charge is 0.263 e. The molecule has 3 aromatic carbocycles. The molecule has 0 fully saturated rings. The number of benzene rings is 3. The van der Waals surface area contributed by atoms with Crippen LogP contribution in [0.2, 0.25) is 0 Å². The van der Waals surface area contributed by atoms with Crippen LogP contribution < -0.4 is 9.47 Å². The van der Waals surface area contributed by atoms with Crippen LogP contribution >= 0.6 is 23.1 Å². The van der Waals surface area contributed by atoms with Gasteiger partial charge in [0.25, 0.3) is 5.01 Å². The molecule has 35 heavy (non-hydrogen) atoms. The zero-order valence-corrected chi connectivity index (χ0v) is 22.9. The monoisotopic (exact) mass is 499 g/mol. The van der Waals surface area contributed by atoms with Crippen LogP contribution in [0.3, 0.4) is 0 Å². The number of aryl methyl sites for hydroxylation is 2. The minimum atomic E-state index is 1.06. The predicted octanol–water partition coefficient (Wildman–Crippen LogP) is 9.11. The number of rotatable bonds is 8. The first-order valence-electron chi connectivity index (χ1n) is 12.9. The Labute approximate surface area is 218 Å². The minimum Gasteiger partial charge on any atom is -0.335 e. The Morgan fingerprint density at radius 1 is 1.00 bits per heavy atom. The predicted molar refractivity (Wildman–Crippen MR) is 155 cm³/mol. The van der Waals surface area contributed by atoms with E-state index < -0.39 is 0 Å². The van der Waals surface area contributed by atoms with Gasteiger partial charge in [0.1, 0.15) is 4.70 Å². The van der Waals surface area contributed by atoms with Crippen LogP contribution in [-0.2, 0) is 6.54 Å². The molecule has 1 aromatic heterocycles. The van der Waals surface area contributed by atoms with Gasteiger partial charge in [-0.05, 0) is 60.4 Å². The summed E-state index contributed by atoms with van der Waals surface area (Å²) in [5, 5.41) is 5.37. The third kappa shape index (κ3) is 4.92. The minimum absolute atomic E-state index is 1.06. The fraction of sp³-hybridized carbons (Fsp3) is 0.323. The molecule has 0 radical (unpaired) electrons. The fourth-order valence-corrected chi connectivity index (χ4v) is 7.41. The van der Waals surface area contributed by atoms with Crippen molar-refractivity contribution >= 4 is 55.9 Å². The summed E-state index contributed by atoms with van der Waals surface area (Å²) in [6.07, 6.45) is 9.59. The summed E-state index contributed by atoms with van der Waals surface area (Å²) in [5.74, 6) is 0. The van der Waals surface area contributed by atoms with E-state index in [1.54, 1.807) is 0 Å². The molecule has 0 aliphatic carbocycles. The van der Waals surface area contributed by atoms with Gasteiger partial charge in [0.05, 0.1) is 10.7 Å². The molecule has 0 spiro atoms. The Morgan fingerprint density at radius 2 is 1.83 bits per heavy atom. The van der Waals surface area contributed by atoms with E-state index in [0.29, 0.717) is 0 Å². The van der Waals surface area contributed by atoms with Gasteiger partial charge in [-0.15, -0.1) is 0 Å². The number of fused-ring (bicyclic) bond motifs is 4. The molecule has 1 aliphatic rings. The van der Waals surface area contributed by atoms with Crippen LogP contribution in [0.15, 0.2) is 76.2 Å².